The predicted molar refractivity (Wildman–Crippen MR) is 84.3 cm³/mol. The van der Waals surface area contributed by atoms with Gasteiger partial charge in [-0.25, -0.2) is 14.4 Å². The molecule has 112 valence electrons. The normalized spacial score (nSPS) is 14.3. The van der Waals surface area contributed by atoms with E-state index in [4.69, 9.17) is 16.3 Å². The first-order valence-electron chi connectivity index (χ1n) is 6.77. The fraction of sp³-hybridized carbons (Fsp3) is 0.188. The number of rotatable bonds is 2. The van der Waals surface area contributed by atoms with Crippen LogP contribution in [-0.2, 0) is 4.74 Å². The van der Waals surface area contributed by atoms with Gasteiger partial charge in [0.1, 0.15) is 5.69 Å². The molecule has 0 aliphatic carbocycles. The molecular weight excluding hydrogens is 305 g/mol. The maximum atomic E-state index is 13.9. The van der Waals surface area contributed by atoms with E-state index in [1.165, 1.54) is 0 Å². The van der Waals surface area contributed by atoms with E-state index in [2.05, 4.69) is 21.0 Å². The van der Waals surface area contributed by atoms with E-state index in [1.54, 1.807) is 13.2 Å². The van der Waals surface area contributed by atoms with Gasteiger partial charge in [0.25, 0.3) is 0 Å². The number of halogens is 2. The van der Waals surface area contributed by atoms with E-state index in [9.17, 15) is 4.39 Å². The summed E-state index contributed by atoms with van der Waals surface area (Å²) < 4.78 is 19.2. The molecule has 1 aliphatic rings. The van der Waals surface area contributed by atoms with Gasteiger partial charge in [-0.2, -0.15) is 0 Å². The summed E-state index contributed by atoms with van der Waals surface area (Å²) in [4.78, 5) is 11.9. The van der Waals surface area contributed by atoms with Crippen LogP contribution in [0.3, 0.4) is 0 Å². The molecule has 0 amide bonds. The second-order valence-electron chi connectivity index (χ2n) is 4.71. The van der Waals surface area contributed by atoms with Crippen LogP contribution in [0.25, 0.3) is 16.8 Å². The van der Waals surface area contributed by atoms with Crippen molar-refractivity contribution in [2.45, 2.75) is 6.42 Å². The molecule has 2 heterocycles. The highest BCUT2D eigenvalue weighted by Crippen LogP contribution is 2.27. The zero-order valence-corrected chi connectivity index (χ0v) is 12.6. The first-order valence-corrected chi connectivity index (χ1v) is 7.14. The number of benzene rings is 1. The Morgan fingerprint density at radius 2 is 2.09 bits per heavy atom. The second kappa shape index (κ2) is 6.23. The number of hydrogen-bond acceptors (Lipinski definition) is 4. The van der Waals surface area contributed by atoms with Gasteiger partial charge in [-0.15, -0.1) is 0 Å². The molecule has 0 saturated carbocycles. The minimum Gasteiger partial charge on any atom is -0.481 e. The molecule has 0 radical (unpaired) electrons. The Morgan fingerprint density at radius 3 is 2.91 bits per heavy atom. The first kappa shape index (κ1) is 14.7. The molecule has 2 aromatic rings. The molecule has 0 bridgehead atoms. The number of dihydropyridines is 1. The lowest BCUT2D eigenvalue weighted by Crippen LogP contribution is -2.09. The molecular formula is C16H13ClFN3O. The van der Waals surface area contributed by atoms with Crippen LogP contribution in [0.1, 0.15) is 12.0 Å². The third-order valence-corrected chi connectivity index (χ3v) is 3.50. The van der Waals surface area contributed by atoms with Crippen LogP contribution < -0.4 is 0 Å². The van der Waals surface area contributed by atoms with Gasteiger partial charge in [-0.1, -0.05) is 24.3 Å². The second-order valence-corrected chi connectivity index (χ2v) is 5.05. The van der Waals surface area contributed by atoms with Crippen LogP contribution in [0.5, 0.6) is 0 Å². The summed E-state index contributed by atoms with van der Waals surface area (Å²) in [6, 6.07) is 7.38. The monoisotopic (exact) mass is 317 g/mol. The van der Waals surface area contributed by atoms with Crippen LogP contribution in [0.15, 0.2) is 41.5 Å². The summed E-state index contributed by atoms with van der Waals surface area (Å²) >= 11 is 5.76. The van der Waals surface area contributed by atoms with Crippen molar-refractivity contribution in [1.82, 2.24) is 9.97 Å². The predicted octanol–water partition coefficient (Wildman–Crippen LogP) is 3.77. The largest absolute Gasteiger partial charge is 0.481 e. The number of aliphatic imine (C=N–C) groups is 1. The highest BCUT2D eigenvalue weighted by atomic mass is 35.5. The van der Waals surface area contributed by atoms with Gasteiger partial charge in [-0.3, -0.25) is 4.99 Å². The molecule has 0 atom stereocenters. The maximum absolute atomic E-state index is 13.9. The van der Waals surface area contributed by atoms with Gasteiger partial charge >= 0.3 is 0 Å². The van der Waals surface area contributed by atoms with Crippen LogP contribution in [0.2, 0.25) is 5.28 Å². The van der Waals surface area contributed by atoms with E-state index < -0.39 is 5.82 Å². The Morgan fingerprint density at radius 1 is 1.27 bits per heavy atom. The van der Waals surface area contributed by atoms with Gasteiger partial charge in [0.05, 0.1) is 13.3 Å². The minimum absolute atomic E-state index is 0.0119. The van der Waals surface area contributed by atoms with E-state index in [0.29, 0.717) is 18.0 Å². The average molecular weight is 318 g/mol. The lowest BCUT2D eigenvalue weighted by Gasteiger charge is -2.15. The Labute approximate surface area is 132 Å². The van der Waals surface area contributed by atoms with Gasteiger partial charge in [0, 0.05) is 17.7 Å². The highest BCUT2D eigenvalue weighted by molar-refractivity contribution is 6.28. The fourth-order valence-electron chi connectivity index (χ4n) is 2.35. The summed E-state index contributed by atoms with van der Waals surface area (Å²) in [5.74, 6) is 0.0735. The Balaban J connectivity index is 2.05. The third-order valence-electron chi connectivity index (χ3n) is 3.32. The molecule has 1 aromatic heterocycles. The minimum atomic E-state index is -0.514. The molecule has 0 unspecified atom stereocenters. The Kier molecular flexibility index (Phi) is 4.15. The number of aromatic nitrogens is 2. The Hall–Kier alpha value is -2.27. The quantitative estimate of drug-likeness (QED) is 0.792. The molecule has 3 rings (SSSR count). The van der Waals surface area contributed by atoms with Gasteiger partial charge in [-0.05, 0) is 29.7 Å². The van der Waals surface area contributed by atoms with Crippen molar-refractivity contribution in [3.05, 3.63) is 53.2 Å². The molecule has 1 aromatic carbocycles. The topological polar surface area (TPSA) is 47.4 Å². The average Bonchev–Trinajstić information content (AvgIpc) is 2.57. The zero-order valence-electron chi connectivity index (χ0n) is 11.9. The summed E-state index contributed by atoms with van der Waals surface area (Å²) in [7, 11) is 1.59. The van der Waals surface area contributed by atoms with Crippen molar-refractivity contribution in [3.8, 4) is 11.3 Å². The van der Waals surface area contributed by atoms with Crippen molar-refractivity contribution in [2.24, 2.45) is 4.99 Å². The van der Waals surface area contributed by atoms with Crippen molar-refractivity contribution < 1.29 is 9.13 Å². The number of hydrogen-bond donors (Lipinski definition) is 0. The molecule has 0 fully saturated rings. The SMILES string of the molecule is COC1=NCCC=C1c1cccc(-c2nc(Cl)ncc2F)c1. The van der Waals surface area contributed by atoms with E-state index in [1.807, 2.05) is 18.2 Å². The van der Waals surface area contributed by atoms with E-state index in [-0.39, 0.29) is 11.0 Å². The number of methoxy groups -OCH3 is 1. The highest BCUT2D eigenvalue weighted by Gasteiger charge is 2.15. The Bertz CT molecular complexity index is 774. The fourth-order valence-corrected chi connectivity index (χ4v) is 2.48. The lowest BCUT2D eigenvalue weighted by molar-refractivity contribution is 0.405. The molecule has 22 heavy (non-hydrogen) atoms. The van der Waals surface area contributed by atoms with E-state index in [0.717, 1.165) is 23.8 Å². The summed E-state index contributed by atoms with van der Waals surface area (Å²) in [5, 5.41) is 0.0119. The van der Waals surface area contributed by atoms with Crippen molar-refractivity contribution in [2.75, 3.05) is 13.7 Å². The molecule has 6 heteroatoms. The smallest absolute Gasteiger partial charge is 0.223 e. The van der Waals surface area contributed by atoms with Crippen LogP contribution >= 0.6 is 11.6 Å². The van der Waals surface area contributed by atoms with Gasteiger partial charge in [0.2, 0.25) is 11.2 Å². The van der Waals surface area contributed by atoms with Gasteiger partial charge < -0.3 is 4.74 Å². The molecule has 1 aliphatic heterocycles. The summed E-state index contributed by atoms with van der Waals surface area (Å²) in [5.41, 5.74) is 2.60. The van der Waals surface area contributed by atoms with E-state index >= 15 is 0 Å². The maximum Gasteiger partial charge on any atom is 0.223 e. The number of nitrogens with zero attached hydrogens (tertiary/aromatic N) is 3. The third kappa shape index (κ3) is 2.85. The summed E-state index contributed by atoms with van der Waals surface area (Å²) in [6.45, 7) is 0.711. The standard InChI is InChI=1S/C16H13ClFN3O/c1-22-15-12(6-3-7-19-15)10-4-2-5-11(8-10)14-13(18)9-20-16(17)21-14/h2,4-6,8-9H,3,7H2,1H3. The number of ether oxygens (including phenoxy) is 1. The summed E-state index contributed by atoms with van der Waals surface area (Å²) in [6.07, 6.45) is 3.98. The molecule has 0 spiro atoms. The van der Waals surface area contributed by atoms with Crippen molar-refractivity contribution >= 4 is 23.1 Å². The lowest BCUT2D eigenvalue weighted by atomic mass is 9.99. The molecule has 0 saturated heterocycles. The zero-order chi connectivity index (χ0) is 15.5. The van der Waals surface area contributed by atoms with Crippen molar-refractivity contribution in [3.63, 3.8) is 0 Å². The van der Waals surface area contributed by atoms with Crippen LogP contribution in [0.4, 0.5) is 4.39 Å². The van der Waals surface area contributed by atoms with Crippen LogP contribution in [-0.4, -0.2) is 29.5 Å². The van der Waals surface area contributed by atoms with Crippen LogP contribution in [0, 0.1) is 5.82 Å². The first-order chi connectivity index (χ1) is 10.7. The molecule has 0 N–H and O–H groups in total. The molecule has 4 nitrogen and oxygen atoms in total. The van der Waals surface area contributed by atoms with Crippen molar-refractivity contribution in [1.29, 1.82) is 0 Å². The van der Waals surface area contributed by atoms with Gasteiger partial charge in [0.15, 0.2) is 5.82 Å².